The Morgan fingerprint density at radius 3 is 2.85 bits per heavy atom. The zero-order valence-corrected chi connectivity index (χ0v) is 13.0. The van der Waals surface area contributed by atoms with Gasteiger partial charge in [0.15, 0.2) is 0 Å². The molecule has 0 aromatic carbocycles. The Hall–Kier alpha value is -1.62. The van der Waals surface area contributed by atoms with Gasteiger partial charge in [-0.05, 0) is 50.3 Å². The van der Waals surface area contributed by atoms with Crippen LogP contribution in [0.1, 0.15) is 35.5 Å². The summed E-state index contributed by atoms with van der Waals surface area (Å²) >= 11 is 1.75. The monoisotopic (exact) mass is 291 g/mol. The number of aromatic nitrogens is 2. The number of rotatable bonds is 6. The molecule has 108 valence electrons. The molecule has 4 nitrogen and oxygen atoms in total. The molecule has 1 N–H and O–H groups in total. The highest BCUT2D eigenvalue weighted by atomic mass is 32.1. The van der Waals surface area contributed by atoms with Crippen molar-refractivity contribution in [1.82, 2.24) is 15.1 Å². The molecule has 20 heavy (non-hydrogen) atoms. The Balaban J connectivity index is 1.74. The van der Waals surface area contributed by atoms with Crippen molar-refractivity contribution in [3.05, 3.63) is 39.8 Å². The highest BCUT2D eigenvalue weighted by Gasteiger charge is 2.11. The molecule has 0 unspecified atom stereocenters. The van der Waals surface area contributed by atoms with Gasteiger partial charge in [-0.1, -0.05) is 0 Å². The molecule has 0 fully saturated rings. The van der Waals surface area contributed by atoms with Crippen LogP contribution in [0.5, 0.6) is 0 Å². The summed E-state index contributed by atoms with van der Waals surface area (Å²) < 4.78 is 1.85. The topological polar surface area (TPSA) is 46.9 Å². The highest BCUT2D eigenvalue weighted by Crippen LogP contribution is 2.15. The first-order valence-corrected chi connectivity index (χ1v) is 7.75. The number of thiophene rings is 1. The average molecular weight is 291 g/mol. The van der Waals surface area contributed by atoms with E-state index < -0.39 is 0 Å². The largest absolute Gasteiger partial charge is 0.356 e. The molecule has 0 saturated carbocycles. The second-order valence-electron chi connectivity index (χ2n) is 5.12. The van der Waals surface area contributed by atoms with Crippen LogP contribution in [0, 0.1) is 13.8 Å². The zero-order valence-electron chi connectivity index (χ0n) is 12.2. The maximum atomic E-state index is 11.9. The van der Waals surface area contributed by atoms with E-state index in [-0.39, 0.29) is 11.9 Å². The molecule has 0 aliphatic heterocycles. The number of hydrogen-bond donors (Lipinski definition) is 1. The van der Waals surface area contributed by atoms with Crippen molar-refractivity contribution in [2.75, 3.05) is 6.54 Å². The fraction of sp³-hybridized carbons (Fsp3) is 0.467. The molecule has 0 saturated heterocycles. The van der Waals surface area contributed by atoms with Crippen LogP contribution in [-0.4, -0.2) is 22.2 Å². The Kier molecular flexibility index (Phi) is 4.95. The lowest BCUT2D eigenvalue weighted by molar-refractivity contribution is -0.121. The fourth-order valence-electron chi connectivity index (χ4n) is 2.09. The first-order chi connectivity index (χ1) is 9.56. The number of carbonyl (C=O) groups excluding carboxylic acids is 1. The third-order valence-electron chi connectivity index (χ3n) is 3.32. The summed E-state index contributed by atoms with van der Waals surface area (Å²) in [6.45, 7) is 6.77. The maximum Gasteiger partial charge on any atom is 0.222 e. The van der Waals surface area contributed by atoms with Crippen LogP contribution in [0.15, 0.2) is 23.7 Å². The smallest absolute Gasteiger partial charge is 0.222 e. The van der Waals surface area contributed by atoms with E-state index in [1.54, 1.807) is 11.3 Å². The molecular formula is C15H21N3OS. The van der Waals surface area contributed by atoms with E-state index in [0.717, 1.165) is 12.1 Å². The first-order valence-electron chi connectivity index (χ1n) is 6.87. The minimum absolute atomic E-state index is 0.0832. The molecule has 1 amide bonds. The molecular weight excluding hydrogens is 270 g/mol. The highest BCUT2D eigenvalue weighted by molar-refractivity contribution is 7.10. The van der Waals surface area contributed by atoms with Gasteiger partial charge < -0.3 is 5.32 Å². The summed E-state index contributed by atoms with van der Waals surface area (Å²) in [5.41, 5.74) is 2.29. The van der Waals surface area contributed by atoms with Gasteiger partial charge in [0, 0.05) is 24.0 Å². The van der Waals surface area contributed by atoms with Crippen LogP contribution in [0.25, 0.3) is 0 Å². The Labute approximate surface area is 123 Å². The van der Waals surface area contributed by atoms with Crippen molar-refractivity contribution in [3.8, 4) is 0 Å². The molecule has 2 heterocycles. The van der Waals surface area contributed by atoms with Crippen LogP contribution in [0.2, 0.25) is 0 Å². The Morgan fingerprint density at radius 1 is 1.45 bits per heavy atom. The average Bonchev–Trinajstić information content (AvgIpc) is 2.99. The maximum absolute atomic E-state index is 11.9. The SMILES string of the molecule is Cc1ccn([C@H](C)CC(=O)NCCc2sccc2C)n1. The number of nitrogens with one attached hydrogen (secondary N) is 1. The molecule has 0 bridgehead atoms. The number of carbonyl (C=O) groups is 1. The molecule has 0 aliphatic rings. The Morgan fingerprint density at radius 2 is 2.25 bits per heavy atom. The zero-order chi connectivity index (χ0) is 14.5. The van der Waals surface area contributed by atoms with Gasteiger partial charge in [-0.15, -0.1) is 11.3 Å². The quantitative estimate of drug-likeness (QED) is 0.889. The van der Waals surface area contributed by atoms with Crippen LogP contribution < -0.4 is 5.32 Å². The van der Waals surface area contributed by atoms with Gasteiger partial charge in [-0.25, -0.2) is 0 Å². The van der Waals surface area contributed by atoms with E-state index in [2.05, 4.69) is 28.8 Å². The molecule has 0 spiro atoms. The second-order valence-corrected chi connectivity index (χ2v) is 6.12. The third-order valence-corrected chi connectivity index (χ3v) is 4.40. The summed E-state index contributed by atoms with van der Waals surface area (Å²) in [5.74, 6) is 0.0832. The minimum Gasteiger partial charge on any atom is -0.356 e. The Bertz CT molecular complexity index is 573. The van der Waals surface area contributed by atoms with E-state index in [1.165, 1.54) is 10.4 Å². The van der Waals surface area contributed by atoms with E-state index in [1.807, 2.05) is 30.8 Å². The number of amides is 1. The van der Waals surface area contributed by atoms with Gasteiger partial charge in [0.25, 0.3) is 0 Å². The van der Waals surface area contributed by atoms with Crippen molar-refractivity contribution in [2.24, 2.45) is 0 Å². The summed E-state index contributed by atoms with van der Waals surface area (Å²) in [4.78, 5) is 13.2. The molecule has 0 aliphatic carbocycles. The number of aryl methyl sites for hydroxylation is 2. The van der Waals surface area contributed by atoms with E-state index >= 15 is 0 Å². The normalized spacial score (nSPS) is 12.3. The summed E-state index contributed by atoms with van der Waals surface area (Å²) in [7, 11) is 0. The van der Waals surface area contributed by atoms with Crippen molar-refractivity contribution < 1.29 is 4.79 Å². The molecule has 5 heteroatoms. The van der Waals surface area contributed by atoms with Gasteiger partial charge >= 0.3 is 0 Å². The van der Waals surface area contributed by atoms with Crippen molar-refractivity contribution in [3.63, 3.8) is 0 Å². The van der Waals surface area contributed by atoms with Crippen LogP contribution in [0.3, 0.4) is 0 Å². The van der Waals surface area contributed by atoms with Gasteiger partial charge in [0.2, 0.25) is 5.91 Å². The third kappa shape index (κ3) is 3.93. The van der Waals surface area contributed by atoms with Gasteiger partial charge in [0.05, 0.1) is 11.7 Å². The van der Waals surface area contributed by atoms with Crippen molar-refractivity contribution in [1.29, 1.82) is 0 Å². The van der Waals surface area contributed by atoms with E-state index in [4.69, 9.17) is 0 Å². The van der Waals surface area contributed by atoms with Crippen molar-refractivity contribution in [2.45, 2.75) is 39.7 Å². The number of hydrogen-bond acceptors (Lipinski definition) is 3. The lowest BCUT2D eigenvalue weighted by Crippen LogP contribution is -2.27. The van der Waals surface area contributed by atoms with Crippen molar-refractivity contribution >= 4 is 17.2 Å². The molecule has 1 atom stereocenters. The lowest BCUT2D eigenvalue weighted by atomic mass is 10.2. The lowest BCUT2D eigenvalue weighted by Gasteiger charge is -2.12. The summed E-state index contributed by atoms with van der Waals surface area (Å²) in [6, 6.07) is 4.16. The minimum atomic E-state index is 0.0832. The molecule has 2 aromatic rings. The van der Waals surface area contributed by atoms with Crippen LogP contribution in [0.4, 0.5) is 0 Å². The molecule has 2 aromatic heterocycles. The van der Waals surface area contributed by atoms with E-state index in [0.29, 0.717) is 13.0 Å². The second kappa shape index (κ2) is 6.70. The fourth-order valence-corrected chi connectivity index (χ4v) is 3.00. The van der Waals surface area contributed by atoms with Gasteiger partial charge in [-0.2, -0.15) is 5.10 Å². The van der Waals surface area contributed by atoms with Gasteiger partial charge in [0.1, 0.15) is 0 Å². The first kappa shape index (κ1) is 14.8. The standard InChI is InChI=1S/C15H21N3OS/c1-11-6-9-20-14(11)4-7-16-15(19)10-13(3)18-8-5-12(2)17-18/h5-6,8-9,13H,4,7,10H2,1-3H3,(H,16,19)/t13-/m1/s1. The molecule has 0 radical (unpaired) electrons. The number of nitrogens with zero attached hydrogens (tertiary/aromatic N) is 2. The molecule has 2 rings (SSSR count). The summed E-state index contributed by atoms with van der Waals surface area (Å²) in [6.07, 6.45) is 3.29. The summed E-state index contributed by atoms with van der Waals surface area (Å²) in [5, 5.41) is 9.41. The predicted octanol–water partition coefficient (Wildman–Crippen LogP) is 2.87. The predicted molar refractivity (Wildman–Crippen MR) is 82.1 cm³/mol. The van der Waals surface area contributed by atoms with E-state index in [9.17, 15) is 4.79 Å². The van der Waals surface area contributed by atoms with Crippen LogP contribution in [-0.2, 0) is 11.2 Å². The van der Waals surface area contributed by atoms with Crippen LogP contribution >= 0.6 is 11.3 Å². The van der Waals surface area contributed by atoms with Gasteiger partial charge in [-0.3, -0.25) is 9.48 Å².